The summed E-state index contributed by atoms with van der Waals surface area (Å²) in [7, 11) is 0. The fraction of sp³-hybridized carbons (Fsp3) is 0.574. The number of urea groups is 1. The van der Waals surface area contributed by atoms with Crippen molar-refractivity contribution in [1.82, 2.24) is 60.3 Å². The number of ether oxygens (including phenoxy) is 3. The molecule has 7 heterocycles. The number of hydrogen-bond donors (Lipinski definition) is 11. The van der Waals surface area contributed by atoms with Crippen molar-refractivity contribution in [1.29, 1.82) is 0 Å². The van der Waals surface area contributed by atoms with Gasteiger partial charge in [0, 0.05) is 57.0 Å². The average molecular weight is 1380 g/mol. The number of benzene rings is 1. The number of halogens is 2. The zero-order chi connectivity index (χ0) is 67.1. The lowest BCUT2D eigenvalue weighted by atomic mass is 9.89. The van der Waals surface area contributed by atoms with Gasteiger partial charge in [-0.2, -0.15) is 0 Å². The van der Waals surface area contributed by atoms with E-state index in [1.54, 1.807) is 38.1 Å². The van der Waals surface area contributed by atoms with Crippen LogP contribution in [0.4, 0.5) is 35.7 Å². The number of nitrogens with two attached hydrogens (primary N) is 2. The predicted octanol–water partition coefficient (Wildman–Crippen LogP) is 3.59. The number of rotatable bonds is 29. The number of carbonyl (C=O) groups is 7. The van der Waals surface area contributed by atoms with Crippen LogP contribution in [0.2, 0.25) is 0 Å². The van der Waals surface area contributed by atoms with E-state index in [0.29, 0.717) is 49.9 Å². The fourth-order valence-electron chi connectivity index (χ4n) is 10.3. The van der Waals surface area contributed by atoms with Crippen molar-refractivity contribution in [3.05, 3.63) is 55.1 Å². The van der Waals surface area contributed by atoms with E-state index in [1.807, 2.05) is 0 Å². The normalized spacial score (nSPS) is 24.9. The summed E-state index contributed by atoms with van der Waals surface area (Å²) in [5, 5.41) is 25.5. The first-order valence-corrected chi connectivity index (χ1v) is 34.9. The molecule has 0 radical (unpaired) electrons. The second-order valence-electron chi connectivity index (χ2n) is 22.5. The van der Waals surface area contributed by atoms with Gasteiger partial charge in [0.05, 0.1) is 37.8 Å². The van der Waals surface area contributed by atoms with Crippen LogP contribution in [0.3, 0.4) is 0 Å². The summed E-state index contributed by atoms with van der Waals surface area (Å²) in [6.45, 7) is -4.34. The SMILES string of the molecule is CC(CC(=O)NCCCCCC(=O)NC(C(=O)C[C@@H](CCCNC(N)=O)C(=O)Nc1ccc(COC(=O)NCCCNc2ncnc3c2ncn3[C@@H]2O[C@@H]3COP(O)(=S)O[C@H]4[C@@H](F)[C@H](n5cnc6c(N)ncnc65)O[C@@H]4COP(O)(=S)O[C@H]3[C@H]2F)cc1)C(C)C)C(=O)O. The zero-order valence-electron chi connectivity index (χ0n) is 50.6. The molecule has 3 aliphatic rings. The number of Topliss-reactive ketones (excluding diaryl/α,β-unsaturated/α-hetero) is 1. The summed E-state index contributed by atoms with van der Waals surface area (Å²) in [4.78, 5) is 135. The number of nitrogen functional groups attached to an aromatic ring is 1. The Morgan fingerprint density at radius 3 is 1.94 bits per heavy atom. The van der Waals surface area contributed by atoms with Crippen molar-refractivity contribution in [3.63, 3.8) is 0 Å². The molecule has 3 fully saturated rings. The van der Waals surface area contributed by atoms with Crippen LogP contribution in [-0.2, 0) is 86.5 Å². The summed E-state index contributed by atoms with van der Waals surface area (Å²) >= 11 is 10.5. The molecule has 39 heteroatoms. The van der Waals surface area contributed by atoms with Crippen LogP contribution < -0.4 is 43.4 Å². The van der Waals surface area contributed by atoms with Crippen molar-refractivity contribution in [3.8, 4) is 0 Å². The van der Waals surface area contributed by atoms with Gasteiger partial charge in [0.25, 0.3) is 0 Å². The molecular weight excluding hydrogens is 1310 g/mol. The highest BCUT2D eigenvalue weighted by Gasteiger charge is 2.54. The van der Waals surface area contributed by atoms with Crippen molar-refractivity contribution in [2.75, 3.05) is 55.8 Å². The van der Waals surface area contributed by atoms with Gasteiger partial charge in [0.1, 0.15) is 49.2 Å². The lowest BCUT2D eigenvalue weighted by Crippen LogP contribution is -2.45. The van der Waals surface area contributed by atoms with Crippen LogP contribution in [0.25, 0.3) is 22.3 Å². The highest BCUT2D eigenvalue weighted by Crippen LogP contribution is 2.55. The number of carboxylic acid groups (broad SMARTS) is 1. The number of alkyl halides is 2. The molecule has 0 saturated carbocycles. The second kappa shape index (κ2) is 32.8. The number of ketones is 1. The average Bonchev–Trinajstić information content (AvgIpc) is 1.62. The standard InChI is InChI=1S/C54H74F2N16O17P2S2/c1-28(2)40(70-36(74)10-5-4-6-15-59-37(75)19-29(3)52(77)78)33(73)20-31(9-7-16-61-53(58)79)49(76)69-32-13-11-30(12-14-32)21-83-54(80)62-18-8-17-60-46-42-48(66-25-64-46)72(27-68-42)51-39(56)44-35(87-51)23-85-90(81,92)88-43-34(22-84-91(82,93)89-44)86-50(38(43)55)71-26-67-41-45(57)63-24-65-47(41)71/h11-14,24-29,31,34-35,38-40,43-44,50-51H,4-10,15-23H2,1-3H3,(H,59,75)(H,62,80)(H,69,76)(H,70,74)(H,77,78)(H,81,92)(H,82,93)(H2,57,63,65)(H3,58,61,79)(H,60,64,66)/t29?,31-,34-,35-,38-,39-,40?,43-,44-,50-,51-,90?,91?/m1/s1. The van der Waals surface area contributed by atoms with Crippen LogP contribution >= 0.6 is 13.4 Å². The number of amides is 6. The Balaban J connectivity index is 0.773. The van der Waals surface area contributed by atoms with E-state index >= 15 is 8.78 Å². The first-order valence-electron chi connectivity index (χ1n) is 29.7. The molecule has 508 valence electrons. The molecule has 33 nitrogen and oxygen atoms in total. The van der Waals surface area contributed by atoms with E-state index in [2.05, 4.69) is 61.8 Å². The van der Waals surface area contributed by atoms with E-state index in [1.165, 1.54) is 35.0 Å². The van der Waals surface area contributed by atoms with Crippen LogP contribution in [-0.4, -0.2) is 178 Å². The number of aliphatic carboxylic acids is 1. The lowest BCUT2D eigenvalue weighted by Gasteiger charge is -2.29. The predicted molar refractivity (Wildman–Crippen MR) is 333 cm³/mol. The van der Waals surface area contributed by atoms with Crippen LogP contribution in [0.1, 0.15) is 96.6 Å². The van der Waals surface area contributed by atoms with Gasteiger partial charge in [-0.15, -0.1) is 0 Å². The zero-order valence-corrected chi connectivity index (χ0v) is 54.0. The number of fused-ring (bicyclic) bond motifs is 4. The Hall–Kier alpha value is -7.15. The number of nitrogens with zero attached hydrogens (tertiary/aromatic N) is 8. The van der Waals surface area contributed by atoms with E-state index < -0.39 is 118 Å². The Bertz CT molecular complexity index is 3570. The van der Waals surface area contributed by atoms with Crippen molar-refractivity contribution >= 4 is 118 Å². The summed E-state index contributed by atoms with van der Waals surface area (Å²) in [6.07, 6.45) is -6.94. The number of primary amides is 1. The Kier molecular flexibility index (Phi) is 25.3. The van der Waals surface area contributed by atoms with Gasteiger partial charge in [-0.05, 0) is 79.3 Å². The highest BCUT2D eigenvalue weighted by atomic mass is 32.5. The molecule has 0 spiro atoms. The number of hydrogen-bond acceptors (Lipinski definition) is 24. The largest absolute Gasteiger partial charge is 0.481 e. The molecule has 4 aromatic heterocycles. The smallest absolute Gasteiger partial charge is 0.407 e. The molecule has 0 aliphatic carbocycles. The van der Waals surface area contributed by atoms with Gasteiger partial charge in [0.2, 0.25) is 17.7 Å². The molecular formula is C54H74F2N16O17P2S2. The summed E-state index contributed by atoms with van der Waals surface area (Å²) in [5.41, 5.74) is 12.7. The minimum absolute atomic E-state index is 0.0263. The van der Waals surface area contributed by atoms with Gasteiger partial charge in [-0.1, -0.05) is 39.3 Å². The number of unbranched alkanes of at least 4 members (excludes halogenated alkanes) is 2. The Labute approximate surface area is 540 Å². The maximum Gasteiger partial charge on any atom is 0.407 e. The quantitative estimate of drug-likeness (QED) is 0.0241. The van der Waals surface area contributed by atoms with E-state index in [0.717, 1.165) is 6.33 Å². The van der Waals surface area contributed by atoms with Crippen molar-refractivity contribution in [2.45, 2.75) is 140 Å². The van der Waals surface area contributed by atoms with Crippen molar-refractivity contribution in [2.24, 2.45) is 23.5 Å². The third kappa shape index (κ3) is 19.7. The molecule has 6 amide bonds. The first kappa shape index (κ1) is 71.7. The van der Waals surface area contributed by atoms with Crippen LogP contribution in [0.5, 0.6) is 0 Å². The highest BCUT2D eigenvalue weighted by molar-refractivity contribution is 8.07. The van der Waals surface area contributed by atoms with E-state index in [4.69, 9.17) is 72.5 Å². The summed E-state index contributed by atoms with van der Waals surface area (Å²) in [6, 6.07) is 4.84. The molecule has 5 aromatic rings. The molecule has 8 rings (SSSR count). The topological polar surface area (TPSA) is 456 Å². The van der Waals surface area contributed by atoms with Gasteiger partial charge < -0.3 is 81.5 Å². The number of alkyl carbamates (subject to hydrolysis) is 1. The number of carbonyl (C=O) groups excluding carboxylic acids is 6. The van der Waals surface area contributed by atoms with Gasteiger partial charge in [0.15, 0.2) is 59.0 Å². The number of anilines is 3. The monoisotopic (exact) mass is 1380 g/mol. The molecule has 1 aromatic carbocycles. The van der Waals surface area contributed by atoms with Gasteiger partial charge in [-0.3, -0.25) is 42.2 Å². The molecule has 0 bridgehead atoms. The lowest BCUT2D eigenvalue weighted by molar-refractivity contribution is -0.143. The molecule has 93 heavy (non-hydrogen) atoms. The maximum absolute atomic E-state index is 16.7. The molecule has 4 unspecified atom stereocenters. The first-order chi connectivity index (χ1) is 44.3. The number of imidazole rings is 2. The molecule has 3 aliphatic heterocycles. The Morgan fingerprint density at radius 2 is 1.32 bits per heavy atom. The van der Waals surface area contributed by atoms with Crippen LogP contribution in [0, 0.1) is 17.8 Å². The molecule has 3 saturated heterocycles. The van der Waals surface area contributed by atoms with Crippen molar-refractivity contribution < 1.29 is 89.5 Å². The summed E-state index contributed by atoms with van der Waals surface area (Å²) < 4.78 is 75.4. The molecule has 13 atom stereocenters. The number of carboxylic acids is 1. The maximum atomic E-state index is 16.7. The minimum Gasteiger partial charge on any atom is -0.481 e. The minimum atomic E-state index is -4.38. The van der Waals surface area contributed by atoms with Gasteiger partial charge in [-0.25, -0.2) is 48.3 Å². The summed E-state index contributed by atoms with van der Waals surface area (Å²) in [5.74, 6) is -4.31. The van der Waals surface area contributed by atoms with E-state index in [-0.39, 0.29) is 109 Å². The fourth-order valence-corrected chi connectivity index (χ4v) is 13.1. The van der Waals surface area contributed by atoms with E-state index in [9.17, 15) is 43.3 Å². The van der Waals surface area contributed by atoms with Crippen LogP contribution in [0.15, 0.2) is 49.6 Å². The second-order valence-corrected chi connectivity index (χ2v) is 28.1. The third-order valence-electron chi connectivity index (χ3n) is 15.1. The number of aromatic nitrogens is 8. The molecule has 13 N–H and O–H groups in total. The number of nitrogens with one attached hydrogen (secondary N) is 6. The van der Waals surface area contributed by atoms with Gasteiger partial charge >= 0.3 is 31.5 Å². The third-order valence-corrected chi connectivity index (χ3v) is 18.3. The Morgan fingerprint density at radius 1 is 0.731 bits per heavy atom.